The van der Waals surface area contributed by atoms with Crippen LogP contribution < -0.4 is 10.1 Å². The molecule has 7 nitrogen and oxygen atoms in total. The molecule has 8 heteroatoms. The molecule has 0 atom stereocenters. The maximum Gasteiger partial charge on any atom is 0.252 e. The first-order valence-corrected chi connectivity index (χ1v) is 10.0. The molecule has 140 valence electrons. The highest BCUT2D eigenvalue weighted by Crippen LogP contribution is 2.13. The lowest BCUT2D eigenvalue weighted by atomic mass is 10.1. The molecule has 1 amide bonds. The first-order chi connectivity index (χ1) is 12.4. The average molecular weight is 377 g/mol. The molecule has 26 heavy (non-hydrogen) atoms. The summed E-state index contributed by atoms with van der Waals surface area (Å²) >= 11 is 0. The Hall–Kier alpha value is -2.45. The van der Waals surface area contributed by atoms with Gasteiger partial charge < -0.3 is 10.1 Å². The molecule has 0 fully saturated rings. The number of rotatable bonds is 9. The van der Waals surface area contributed by atoms with E-state index in [1.54, 1.807) is 25.4 Å². The zero-order valence-electron chi connectivity index (χ0n) is 14.9. The van der Waals surface area contributed by atoms with Gasteiger partial charge in [0.25, 0.3) is 5.91 Å². The molecule has 1 aromatic heterocycles. The van der Waals surface area contributed by atoms with Crippen LogP contribution in [0.25, 0.3) is 0 Å². The van der Waals surface area contributed by atoms with E-state index in [0.717, 1.165) is 11.3 Å². The normalized spacial score (nSPS) is 11.3. The van der Waals surface area contributed by atoms with Crippen molar-refractivity contribution in [1.29, 1.82) is 0 Å². The van der Waals surface area contributed by atoms with Crippen LogP contribution in [0.2, 0.25) is 0 Å². The molecule has 1 aromatic carbocycles. The summed E-state index contributed by atoms with van der Waals surface area (Å²) in [4.78, 5) is 15.9. The van der Waals surface area contributed by atoms with Crippen molar-refractivity contribution in [2.24, 2.45) is 0 Å². The van der Waals surface area contributed by atoms with Crippen molar-refractivity contribution >= 4 is 15.9 Å². The summed E-state index contributed by atoms with van der Waals surface area (Å²) in [5.74, 6) is 0.455. The predicted octanol–water partition coefficient (Wildman–Crippen LogP) is 1.32. The van der Waals surface area contributed by atoms with Crippen LogP contribution in [0.5, 0.6) is 5.75 Å². The summed E-state index contributed by atoms with van der Waals surface area (Å²) in [6, 6.07) is 10.8. The van der Waals surface area contributed by atoms with E-state index in [9.17, 15) is 13.2 Å². The highest BCUT2D eigenvalue weighted by molar-refractivity contribution is 7.88. The van der Waals surface area contributed by atoms with Crippen molar-refractivity contribution in [1.82, 2.24) is 14.6 Å². The summed E-state index contributed by atoms with van der Waals surface area (Å²) in [7, 11) is -1.78. The van der Waals surface area contributed by atoms with E-state index in [0.29, 0.717) is 18.5 Å². The molecule has 0 spiro atoms. The predicted molar refractivity (Wildman–Crippen MR) is 99.7 cm³/mol. The van der Waals surface area contributed by atoms with Crippen LogP contribution in [0.3, 0.4) is 0 Å². The number of benzene rings is 1. The molecule has 0 aliphatic carbocycles. The van der Waals surface area contributed by atoms with Crippen LogP contribution in [0.4, 0.5) is 0 Å². The summed E-state index contributed by atoms with van der Waals surface area (Å²) in [6.45, 7) is 0.752. The van der Waals surface area contributed by atoms with Gasteiger partial charge in [0.05, 0.1) is 18.9 Å². The standard InChI is InChI=1S/C18H23N3O4S/c1-25-17-7-3-5-15(13-17)8-11-21(26(2,23)24)12-10-20-18(22)16-6-4-9-19-14-16/h3-7,9,13-14H,8,10-12H2,1-2H3,(H,20,22). The number of sulfonamides is 1. The smallest absolute Gasteiger partial charge is 0.252 e. The first-order valence-electron chi connectivity index (χ1n) is 8.16. The molecule has 1 N–H and O–H groups in total. The number of carbonyl (C=O) groups is 1. The van der Waals surface area contributed by atoms with Crippen molar-refractivity contribution in [3.05, 3.63) is 59.9 Å². The minimum absolute atomic E-state index is 0.203. The highest BCUT2D eigenvalue weighted by Gasteiger charge is 2.17. The van der Waals surface area contributed by atoms with Crippen molar-refractivity contribution < 1.29 is 17.9 Å². The number of aromatic nitrogens is 1. The maximum absolute atomic E-state index is 12.0. The minimum atomic E-state index is -3.37. The van der Waals surface area contributed by atoms with Gasteiger partial charge in [-0.2, -0.15) is 0 Å². The molecule has 0 aliphatic heterocycles. The van der Waals surface area contributed by atoms with Gasteiger partial charge in [-0.05, 0) is 36.2 Å². The van der Waals surface area contributed by atoms with Crippen LogP contribution in [-0.4, -0.2) is 56.6 Å². The number of nitrogens with zero attached hydrogens (tertiary/aromatic N) is 2. The summed E-state index contributed by atoms with van der Waals surface area (Å²) in [5.41, 5.74) is 1.42. The SMILES string of the molecule is COc1cccc(CCN(CCNC(=O)c2cccnc2)S(C)(=O)=O)c1. The second-order valence-corrected chi connectivity index (χ2v) is 7.74. The quantitative estimate of drug-likeness (QED) is 0.712. The van der Waals surface area contributed by atoms with Crippen LogP contribution in [0, 0.1) is 0 Å². The van der Waals surface area contributed by atoms with Gasteiger partial charge in [-0.25, -0.2) is 12.7 Å². The highest BCUT2D eigenvalue weighted by atomic mass is 32.2. The van der Waals surface area contributed by atoms with Gasteiger partial charge in [0, 0.05) is 32.0 Å². The van der Waals surface area contributed by atoms with Crippen molar-refractivity contribution in [3.8, 4) is 5.75 Å². The molecular formula is C18H23N3O4S. The van der Waals surface area contributed by atoms with Gasteiger partial charge in [0.1, 0.15) is 5.75 Å². The third-order valence-corrected chi connectivity index (χ3v) is 5.13. The third kappa shape index (κ3) is 6.12. The lowest BCUT2D eigenvalue weighted by Gasteiger charge is -2.20. The Labute approximate surface area is 154 Å². The first kappa shape index (κ1) is 19.9. The fraction of sp³-hybridized carbons (Fsp3) is 0.333. The van der Waals surface area contributed by atoms with E-state index in [-0.39, 0.29) is 19.0 Å². The molecule has 0 aliphatic rings. The molecule has 2 rings (SSSR count). The molecule has 0 saturated heterocycles. The number of hydrogen-bond donors (Lipinski definition) is 1. The molecule has 0 bridgehead atoms. The summed E-state index contributed by atoms with van der Waals surface area (Å²) in [5, 5.41) is 2.71. The summed E-state index contributed by atoms with van der Waals surface area (Å²) < 4.78 is 30.5. The second kappa shape index (κ2) is 9.30. The molecule has 2 aromatic rings. The van der Waals surface area contributed by atoms with Crippen molar-refractivity contribution in [2.45, 2.75) is 6.42 Å². The number of ether oxygens (including phenoxy) is 1. The monoisotopic (exact) mass is 377 g/mol. The van der Waals surface area contributed by atoms with Crippen LogP contribution in [0.15, 0.2) is 48.8 Å². The fourth-order valence-electron chi connectivity index (χ4n) is 2.42. The van der Waals surface area contributed by atoms with E-state index < -0.39 is 10.0 Å². The Bertz CT molecular complexity index is 825. The molecule has 0 saturated carbocycles. The lowest BCUT2D eigenvalue weighted by Crippen LogP contribution is -2.39. The molecular weight excluding hydrogens is 354 g/mol. The minimum Gasteiger partial charge on any atom is -0.497 e. The number of pyridine rings is 1. The van der Waals surface area contributed by atoms with E-state index in [1.165, 1.54) is 16.8 Å². The van der Waals surface area contributed by atoms with E-state index in [1.807, 2.05) is 24.3 Å². The number of hydrogen-bond acceptors (Lipinski definition) is 5. The van der Waals surface area contributed by atoms with Gasteiger partial charge >= 0.3 is 0 Å². The average Bonchev–Trinajstić information content (AvgIpc) is 2.64. The molecule has 0 radical (unpaired) electrons. The van der Waals surface area contributed by atoms with Crippen molar-refractivity contribution in [2.75, 3.05) is 33.0 Å². The molecule has 1 heterocycles. The Morgan fingerprint density at radius 2 is 2.04 bits per heavy atom. The summed E-state index contributed by atoms with van der Waals surface area (Å²) in [6.07, 6.45) is 4.77. The Kier molecular flexibility index (Phi) is 7.11. The van der Waals surface area contributed by atoms with Crippen LogP contribution in [0.1, 0.15) is 15.9 Å². The van der Waals surface area contributed by atoms with Crippen LogP contribution >= 0.6 is 0 Å². The van der Waals surface area contributed by atoms with Gasteiger partial charge in [0.15, 0.2) is 0 Å². The Morgan fingerprint density at radius 1 is 1.23 bits per heavy atom. The zero-order chi connectivity index (χ0) is 19.0. The lowest BCUT2D eigenvalue weighted by molar-refractivity contribution is 0.0951. The topological polar surface area (TPSA) is 88.6 Å². The number of nitrogens with one attached hydrogen (secondary N) is 1. The Balaban J connectivity index is 1.90. The van der Waals surface area contributed by atoms with E-state index >= 15 is 0 Å². The fourth-order valence-corrected chi connectivity index (χ4v) is 3.26. The van der Waals surface area contributed by atoms with E-state index in [4.69, 9.17) is 4.74 Å². The van der Waals surface area contributed by atoms with Gasteiger partial charge in [0.2, 0.25) is 10.0 Å². The number of methoxy groups -OCH3 is 1. The number of amides is 1. The van der Waals surface area contributed by atoms with Gasteiger partial charge in [-0.15, -0.1) is 0 Å². The second-order valence-electron chi connectivity index (χ2n) is 5.76. The van der Waals surface area contributed by atoms with Gasteiger partial charge in [-0.1, -0.05) is 12.1 Å². The zero-order valence-corrected chi connectivity index (χ0v) is 15.7. The maximum atomic E-state index is 12.0. The third-order valence-electron chi connectivity index (χ3n) is 3.82. The van der Waals surface area contributed by atoms with Crippen LogP contribution in [-0.2, 0) is 16.4 Å². The Morgan fingerprint density at radius 3 is 2.69 bits per heavy atom. The molecule has 0 unspecified atom stereocenters. The number of carbonyl (C=O) groups excluding carboxylic acids is 1. The van der Waals surface area contributed by atoms with Gasteiger partial charge in [-0.3, -0.25) is 9.78 Å². The largest absolute Gasteiger partial charge is 0.497 e. The van der Waals surface area contributed by atoms with E-state index in [2.05, 4.69) is 10.3 Å². The van der Waals surface area contributed by atoms with Crippen molar-refractivity contribution in [3.63, 3.8) is 0 Å².